The predicted octanol–water partition coefficient (Wildman–Crippen LogP) is 2.94. The molecule has 15 heavy (non-hydrogen) atoms. The van der Waals surface area contributed by atoms with Crippen LogP contribution < -0.4 is 4.80 Å². The van der Waals surface area contributed by atoms with Crippen molar-refractivity contribution < 1.29 is 0 Å². The molecule has 3 heteroatoms. The molecule has 2 aromatic rings. The molecule has 0 atom stereocenters. The van der Waals surface area contributed by atoms with Crippen LogP contribution in [0, 0.1) is 13.8 Å². The maximum atomic E-state index is 4.58. The molecule has 0 aliphatic carbocycles. The fraction of sp³-hybridized carbons (Fsp3) is 0.250. The summed E-state index contributed by atoms with van der Waals surface area (Å²) >= 11 is 1.65. The summed E-state index contributed by atoms with van der Waals surface area (Å²) in [6, 6.07) is 6.29. The van der Waals surface area contributed by atoms with Gasteiger partial charge >= 0.3 is 0 Å². The Balaban J connectivity index is 2.49. The minimum atomic E-state index is 1.02. The quantitative estimate of drug-likeness (QED) is 0.700. The van der Waals surface area contributed by atoms with E-state index in [0.29, 0.717) is 0 Å². The molecule has 0 fully saturated rings. The monoisotopic (exact) mass is 218 g/mol. The van der Waals surface area contributed by atoms with Crippen molar-refractivity contribution >= 4 is 17.0 Å². The Labute approximate surface area is 93.5 Å². The maximum Gasteiger partial charge on any atom is 0.189 e. The Morgan fingerprint density at radius 1 is 1.20 bits per heavy atom. The van der Waals surface area contributed by atoms with Crippen LogP contribution in [0.3, 0.4) is 0 Å². The van der Waals surface area contributed by atoms with Crippen molar-refractivity contribution in [1.82, 2.24) is 4.57 Å². The van der Waals surface area contributed by atoms with Crippen molar-refractivity contribution in [2.24, 2.45) is 12.0 Å². The summed E-state index contributed by atoms with van der Waals surface area (Å²) in [5, 5.41) is 2.04. The van der Waals surface area contributed by atoms with Crippen LogP contribution in [-0.4, -0.2) is 4.57 Å². The van der Waals surface area contributed by atoms with Crippen molar-refractivity contribution in [2.75, 3.05) is 0 Å². The van der Waals surface area contributed by atoms with E-state index in [1.165, 1.54) is 11.1 Å². The van der Waals surface area contributed by atoms with Gasteiger partial charge in [0.2, 0.25) is 0 Å². The van der Waals surface area contributed by atoms with Crippen LogP contribution in [0.15, 0.2) is 34.8 Å². The minimum Gasteiger partial charge on any atom is -0.327 e. The summed E-state index contributed by atoms with van der Waals surface area (Å²) in [5.74, 6) is 0. The first-order chi connectivity index (χ1) is 7.16. The molecule has 78 valence electrons. The highest BCUT2D eigenvalue weighted by Gasteiger charge is 1.95. The van der Waals surface area contributed by atoms with Gasteiger partial charge in [-0.3, -0.25) is 0 Å². The second-order valence-corrected chi connectivity index (χ2v) is 4.55. The molecular weight excluding hydrogens is 204 g/mol. The fourth-order valence-electron chi connectivity index (χ4n) is 1.34. The molecule has 0 N–H and O–H groups in total. The topological polar surface area (TPSA) is 17.3 Å². The van der Waals surface area contributed by atoms with Gasteiger partial charge in [-0.15, -0.1) is 11.3 Å². The first-order valence-corrected chi connectivity index (χ1v) is 5.77. The molecule has 0 bridgehead atoms. The normalized spacial score (nSPS) is 12.1. The molecule has 0 unspecified atom stereocenters. The van der Waals surface area contributed by atoms with Gasteiger partial charge in [-0.25, -0.2) is 4.99 Å². The first-order valence-electron chi connectivity index (χ1n) is 4.89. The Hall–Kier alpha value is -1.35. The van der Waals surface area contributed by atoms with Gasteiger partial charge in [0.25, 0.3) is 0 Å². The van der Waals surface area contributed by atoms with E-state index in [1.807, 2.05) is 23.2 Å². The third-order valence-electron chi connectivity index (χ3n) is 2.47. The third kappa shape index (κ3) is 2.18. The molecule has 0 saturated heterocycles. The van der Waals surface area contributed by atoms with Crippen LogP contribution >= 0.6 is 11.3 Å². The average Bonchev–Trinajstić information content (AvgIpc) is 2.59. The van der Waals surface area contributed by atoms with Gasteiger partial charge in [-0.1, -0.05) is 6.07 Å². The van der Waals surface area contributed by atoms with E-state index in [4.69, 9.17) is 0 Å². The van der Waals surface area contributed by atoms with Gasteiger partial charge in [0.15, 0.2) is 4.80 Å². The minimum absolute atomic E-state index is 1.02. The van der Waals surface area contributed by atoms with Crippen LogP contribution in [0.5, 0.6) is 0 Å². The van der Waals surface area contributed by atoms with Crippen LogP contribution in [0.25, 0.3) is 0 Å². The van der Waals surface area contributed by atoms with E-state index in [0.717, 1.165) is 10.5 Å². The number of thiazole rings is 1. The molecule has 0 saturated carbocycles. The summed E-state index contributed by atoms with van der Waals surface area (Å²) in [6.45, 7) is 4.23. The lowest BCUT2D eigenvalue weighted by Gasteiger charge is -2.00. The zero-order chi connectivity index (χ0) is 10.8. The number of aromatic nitrogens is 1. The van der Waals surface area contributed by atoms with E-state index in [-0.39, 0.29) is 0 Å². The summed E-state index contributed by atoms with van der Waals surface area (Å²) < 4.78 is 2.03. The number of aryl methyl sites for hydroxylation is 3. The number of benzene rings is 1. The highest BCUT2D eigenvalue weighted by molar-refractivity contribution is 7.07. The maximum absolute atomic E-state index is 4.58. The molecule has 1 aromatic carbocycles. The lowest BCUT2D eigenvalue weighted by Crippen LogP contribution is -2.07. The molecule has 0 radical (unpaired) electrons. The van der Waals surface area contributed by atoms with Crippen molar-refractivity contribution in [1.29, 1.82) is 0 Å². The van der Waals surface area contributed by atoms with E-state index in [9.17, 15) is 0 Å². The van der Waals surface area contributed by atoms with Crippen molar-refractivity contribution in [3.63, 3.8) is 0 Å². The highest BCUT2D eigenvalue weighted by atomic mass is 32.1. The Bertz CT molecular complexity index is 535. The van der Waals surface area contributed by atoms with Gasteiger partial charge in [0.1, 0.15) is 0 Å². The van der Waals surface area contributed by atoms with E-state index >= 15 is 0 Å². The molecule has 0 aliphatic heterocycles. The SMILES string of the molecule is Cc1ccc(/N=c2\sccn2C)cc1C. The lowest BCUT2D eigenvalue weighted by atomic mass is 10.1. The second kappa shape index (κ2) is 4.03. The highest BCUT2D eigenvalue weighted by Crippen LogP contribution is 2.16. The van der Waals surface area contributed by atoms with Crippen molar-refractivity contribution in [3.8, 4) is 0 Å². The van der Waals surface area contributed by atoms with Gasteiger partial charge < -0.3 is 4.57 Å². The number of hydrogen-bond donors (Lipinski definition) is 0. The number of rotatable bonds is 1. The summed E-state index contributed by atoms with van der Waals surface area (Å²) in [7, 11) is 2.01. The van der Waals surface area contributed by atoms with Crippen LogP contribution in [0.2, 0.25) is 0 Å². The van der Waals surface area contributed by atoms with Crippen LogP contribution in [-0.2, 0) is 7.05 Å². The van der Waals surface area contributed by atoms with Crippen molar-refractivity contribution in [2.45, 2.75) is 13.8 Å². The number of hydrogen-bond acceptors (Lipinski definition) is 2. The first kappa shape index (κ1) is 10.2. The van der Waals surface area contributed by atoms with E-state index < -0.39 is 0 Å². The predicted molar refractivity (Wildman–Crippen MR) is 64.4 cm³/mol. The Morgan fingerprint density at radius 3 is 2.60 bits per heavy atom. The van der Waals surface area contributed by atoms with Gasteiger partial charge in [0.05, 0.1) is 5.69 Å². The zero-order valence-electron chi connectivity index (χ0n) is 9.19. The largest absolute Gasteiger partial charge is 0.327 e. The number of nitrogens with zero attached hydrogens (tertiary/aromatic N) is 2. The van der Waals surface area contributed by atoms with Crippen molar-refractivity contribution in [3.05, 3.63) is 45.7 Å². The van der Waals surface area contributed by atoms with E-state index in [2.05, 4.69) is 37.0 Å². The molecule has 1 heterocycles. The van der Waals surface area contributed by atoms with Gasteiger partial charge in [-0.2, -0.15) is 0 Å². The summed E-state index contributed by atoms with van der Waals surface area (Å²) in [6.07, 6.45) is 2.02. The molecule has 2 nitrogen and oxygen atoms in total. The molecule has 0 spiro atoms. The van der Waals surface area contributed by atoms with E-state index in [1.54, 1.807) is 11.3 Å². The molecular formula is C12H14N2S. The average molecular weight is 218 g/mol. The smallest absolute Gasteiger partial charge is 0.189 e. The molecule has 0 amide bonds. The second-order valence-electron chi connectivity index (χ2n) is 3.68. The third-order valence-corrected chi connectivity index (χ3v) is 3.32. The van der Waals surface area contributed by atoms with Gasteiger partial charge in [0, 0.05) is 18.6 Å². The lowest BCUT2D eigenvalue weighted by molar-refractivity contribution is 0.874. The molecule has 1 aromatic heterocycles. The Kier molecular flexibility index (Phi) is 2.73. The molecule has 2 rings (SSSR count). The fourth-order valence-corrected chi connectivity index (χ4v) is 2.09. The van der Waals surface area contributed by atoms with Crippen LogP contribution in [0.4, 0.5) is 5.69 Å². The summed E-state index contributed by atoms with van der Waals surface area (Å²) in [5.41, 5.74) is 3.62. The van der Waals surface area contributed by atoms with Crippen LogP contribution in [0.1, 0.15) is 11.1 Å². The standard InChI is InChI=1S/C12H14N2S/c1-9-4-5-11(8-10(9)2)13-12-14(3)6-7-15-12/h4-8H,1-3H3/b13-12-. The van der Waals surface area contributed by atoms with Gasteiger partial charge in [-0.05, 0) is 37.1 Å². The zero-order valence-corrected chi connectivity index (χ0v) is 10.0. The molecule has 0 aliphatic rings. The summed E-state index contributed by atoms with van der Waals surface area (Å²) in [4.78, 5) is 5.61. The Morgan fingerprint density at radius 2 is 2.00 bits per heavy atom.